The van der Waals surface area contributed by atoms with Gasteiger partial charge in [0.2, 0.25) is 0 Å². The van der Waals surface area contributed by atoms with E-state index in [9.17, 15) is 0 Å². The average molecular weight is 99.2 g/mol. The van der Waals surface area contributed by atoms with Gasteiger partial charge in [-0.25, -0.2) is 0 Å². The Balaban J connectivity index is 2.04. The van der Waals surface area contributed by atoms with Crippen molar-refractivity contribution in [1.29, 1.82) is 0 Å². The molecule has 0 spiro atoms. The van der Waals surface area contributed by atoms with Gasteiger partial charge in [-0.15, -0.1) is 0 Å². The number of rotatable bonds is 0. The molecule has 1 heterocycles. The highest BCUT2D eigenvalue weighted by Crippen LogP contribution is 1.81. The molecule has 1 aliphatic rings. The summed E-state index contributed by atoms with van der Waals surface area (Å²) in [5.41, 5.74) is 0. The van der Waals surface area contributed by atoms with Crippen LogP contribution in [0.1, 0.15) is 6.42 Å². The molecule has 0 saturated carbocycles. The molecule has 2 nitrogen and oxygen atoms in total. The fourth-order valence-corrected chi connectivity index (χ4v) is 0.664. The Kier molecular flexibility index (Phi) is 2.17. The predicted molar refractivity (Wildman–Crippen MR) is 29.8 cm³/mol. The van der Waals surface area contributed by atoms with Crippen molar-refractivity contribution in [2.75, 3.05) is 19.6 Å². The Morgan fingerprint density at radius 2 is 2.14 bits per heavy atom. The zero-order valence-corrected chi connectivity index (χ0v) is 4.41. The second-order valence-electron chi connectivity index (χ2n) is 1.70. The van der Waals surface area contributed by atoms with Gasteiger partial charge in [0.25, 0.3) is 0 Å². The highest BCUT2D eigenvalue weighted by atomic mass is 15.0. The van der Waals surface area contributed by atoms with Crippen LogP contribution in [0, 0.1) is 6.54 Å². The Bertz CT molecular complexity index is 25.7. The maximum atomic E-state index is 3.25. The lowest BCUT2D eigenvalue weighted by atomic mass is 10.4. The van der Waals surface area contributed by atoms with E-state index in [-0.39, 0.29) is 0 Å². The summed E-state index contributed by atoms with van der Waals surface area (Å²) in [5.74, 6) is 0. The first-order chi connectivity index (χ1) is 3.50. The van der Waals surface area contributed by atoms with Gasteiger partial charge < -0.3 is 10.6 Å². The minimum absolute atomic E-state index is 1.08. The monoisotopic (exact) mass is 99.1 g/mol. The van der Waals surface area contributed by atoms with Gasteiger partial charge in [-0.1, -0.05) is 0 Å². The third-order valence-corrected chi connectivity index (χ3v) is 1.06. The van der Waals surface area contributed by atoms with E-state index >= 15 is 0 Å². The molecule has 0 aromatic carbocycles. The van der Waals surface area contributed by atoms with E-state index < -0.39 is 0 Å². The fraction of sp³-hybridized carbons (Fsp3) is 0.800. The minimum Gasteiger partial charge on any atom is -0.315 e. The van der Waals surface area contributed by atoms with Crippen molar-refractivity contribution in [1.82, 2.24) is 10.6 Å². The van der Waals surface area contributed by atoms with E-state index in [0.29, 0.717) is 0 Å². The fourth-order valence-electron chi connectivity index (χ4n) is 0.664. The zero-order valence-electron chi connectivity index (χ0n) is 4.41. The van der Waals surface area contributed by atoms with Crippen molar-refractivity contribution in [2.24, 2.45) is 0 Å². The Morgan fingerprint density at radius 3 is 3.14 bits per heavy atom. The molecule has 7 heavy (non-hydrogen) atoms. The van der Waals surface area contributed by atoms with E-state index in [1.54, 1.807) is 0 Å². The Morgan fingerprint density at radius 1 is 1.14 bits per heavy atom. The summed E-state index contributed by atoms with van der Waals surface area (Å²) in [6.07, 6.45) is 1.15. The first kappa shape index (κ1) is 5.06. The molecule has 1 aliphatic heterocycles. The van der Waals surface area contributed by atoms with Crippen LogP contribution in [0.3, 0.4) is 0 Å². The molecule has 41 valence electrons. The molecular weight excluding hydrogens is 88.1 g/mol. The summed E-state index contributed by atoms with van der Waals surface area (Å²) in [4.78, 5) is 0. The van der Waals surface area contributed by atoms with Crippen LogP contribution in [-0.2, 0) is 0 Å². The third-order valence-electron chi connectivity index (χ3n) is 1.06. The summed E-state index contributed by atoms with van der Waals surface area (Å²) in [5, 5.41) is 6.41. The summed E-state index contributed by atoms with van der Waals surface area (Å²) >= 11 is 0. The molecule has 0 bridgehead atoms. The van der Waals surface area contributed by atoms with Crippen LogP contribution in [-0.4, -0.2) is 19.6 Å². The summed E-state index contributed by atoms with van der Waals surface area (Å²) < 4.78 is 0. The van der Waals surface area contributed by atoms with Crippen LogP contribution in [0.4, 0.5) is 0 Å². The van der Waals surface area contributed by atoms with Crippen molar-refractivity contribution >= 4 is 0 Å². The van der Waals surface area contributed by atoms with Gasteiger partial charge in [0, 0.05) is 19.6 Å². The van der Waals surface area contributed by atoms with Crippen LogP contribution in [0.5, 0.6) is 0 Å². The molecule has 2 heteroatoms. The van der Waals surface area contributed by atoms with Gasteiger partial charge in [0.15, 0.2) is 0 Å². The van der Waals surface area contributed by atoms with Crippen LogP contribution in [0.2, 0.25) is 0 Å². The van der Waals surface area contributed by atoms with E-state index in [0.717, 1.165) is 26.1 Å². The zero-order chi connectivity index (χ0) is 4.95. The minimum atomic E-state index is 1.08. The van der Waals surface area contributed by atoms with Crippen LogP contribution < -0.4 is 10.6 Å². The predicted octanol–water partition coefficient (Wildman–Crippen LogP) is -0.269. The molecule has 0 aliphatic carbocycles. The van der Waals surface area contributed by atoms with Gasteiger partial charge in [-0.05, 0) is 13.0 Å². The summed E-state index contributed by atoms with van der Waals surface area (Å²) in [7, 11) is 0. The van der Waals surface area contributed by atoms with E-state index in [4.69, 9.17) is 0 Å². The SMILES string of the molecule is [CH]1CCNCCN1. The van der Waals surface area contributed by atoms with Crippen molar-refractivity contribution in [3.8, 4) is 0 Å². The topological polar surface area (TPSA) is 24.1 Å². The lowest BCUT2D eigenvalue weighted by Gasteiger charge is -1.92. The number of nitrogens with one attached hydrogen (secondary N) is 2. The molecule has 1 saturated heterocycles. The van der Waals surface area contributed by atoms with E-state index in [2.05, 4.69) is 17.2 Å². The molecule has 2 N–H and O–H groups in total. The van der Waals surface area contributed by atoms with Crippen molar-refractivity contribution in [3.05, 3.63) is 6.54 Å². The molecule has 0 amide bonds. The molecule has 0 atom stereocenters. The first-order valence-corrected chi connectivity index (χ1v) is 2.76. The maximum Gasteiger partial charge on any atom is 0.0234 e. The second kappa shape index (κ2) is 2.99. The highest BCUT2D eigenvalue weighted by molar-refractivity contribution is 4.68. The third kappa shape index (κ3) is 1.90. The molecule has 0 unspecified atom stereocenters. The van der Waals surface area contributed by atoms with Gasteiger partial charge in [0.1, 0.15) is 0 Å². The van der Waals surface area contributed by atoms with Gasteiger partial charge >= 0.3 is 0 Å². The van der Waals surface area contributed by atoms with Crippen LogP contribution in [0.15, 0.2) is 0 Å². The lowest BCUT2D eigenvalue weighted by Crippen LogP contribution is -2.20. The second-order valence-corrected chi connectivity index (χ2v) is 1.70. The van der Waals surface area contributed by atoms with E-state index in [1.165, 1.54) is 0 Å². The quantitative estimate of drug-likeness (QED) is 0.437. The summed E-state index contributed by atoms with van der Waals surface area (Å²) in [6.45, 7) is 5.43. The molecule has 0 aromatic heterocycles. The average Bonchev–Trinajstić information content (AvgIpc) is 1.90. The van der Waals surface area contributed by atoms with Gasteiger partial charge in [0.05, 0.1) is 0 Å². The molecule has 0 aromatic rings. The summed E-state index contributed by atoms with van der Waals surface area (Å²) in [6, 6.07) is 0. The van der Waals surface area contributed by atoms with Gasteiger partial charge in [-0.3, -0.25) is 0 Å². The smallest absolute Gasteiger partial charge is 0.0234 e. The molecule has 1 rings (SSSR count). The van der Waals surface area contributed by atoms with Crippen molar-refractivity contribution in [3.63, 3.8) is 0 Å². The molecular formula is C5H11N2. The standard InChI is InChI=1S/C5H11N2/c1-2-6-4-5-7-3-1/h2,6-7H,1,3-5H2. The number of hydrogen-bond donors (Lipinski definition) is 2. The first-order valence-electron chi connectivity index (χ1n) is 2.76. The Hall–Kier alpha value is -0.0800. The lowest BCUT2D eigenvalue weighted by molar-refractivity contribution is 0.720. The van der Waals surface area contributed by atoms with E-state index in [1.807, 2.05) is 0 Å². The normalized spacial score (nSPS) is 24.0. The van der Waals surface area contributed by atoms with Crippen molar-refractivity contribution in [2.45, 2.75) is 6.42 Å². The maximum absolute atomic E-state index is 3.25. The van der Waals surface area contributed by atoms with Crippen LogP contribution >= 0.6 is 0 Å². The van der Waals surface area contributed by atoms with Crippen LogP contribution in [0.25, 0.3) is 0 Å². The number of hydrogen-bond acceptors (Lipinski definition) is 2. The molecule has 1 radical (unpaired) electrons. The molecule has 1 fully saturated rings. The largest absolute Gasteiger partial charge is 0.315 e. The van der Waals surface area contributed by atoms with Crippen molar-refractivity contribution < 1.29 is 0 Å². The van der Waals surface area contributed by atoms with Gasteiger partial charge in [-0.2, -0.15) is 0 Å². The highest BCUT2D eigenvalue weighted by Gasteiger charge is 1.92. The Labute approximate surface area is 44.3 Å².